The number of aliphatic hydroxyl groups excluding tert-OH is 1. The summed E-state index contributed by atoms with van der Waals surface area (Å²) in [5.41, 5.74) is 2.47. The second-order valence-corrected chi connectivity index (χ2v) is 2.89. The molecule has 1 aromatic rings. The van der Waals surface area contributed by atoms with Crippen molar-refractivity contribution in [3.8, 4) is 0 Å². The minimum absolute atomic E-state index is 0.366. The summed E-state index contributed by atoms with van der Waals surface area (Å²) in [6.45, 7) is 9.30. The molecule has 0 aromatic carbocycles. The number of aromatic nitrogens is 1. The summed E-state index contributed by atoms with van der Waals surface area (Å²) in [6, 6.07) is 4.13. The molecule has 0 aliphatic rings. The van der Waals surface area contributed by atoms with Gasteiger partial charge in [0, 0.05) is 11.4 Å². The van der Waals surface area contributed by atoms with Gasteiger partial charge in [-0.05, 0) is 26.0 Å². The highest BCUT2D eigenvalue weighted by Crippen LogP contribution is 1.95. The van der Waals surface area contributed by atoms with Crippen LogP contribution < -0.4 is 0 Å². The Balaban J connectivity index is 0.000000217. The summed E-state index contributed by atoms with van der Waals surface area (Å²) in [5.74, 6) is 0. The van der Waals surface area contributed by atoms with Crippen molar-refractivity contribution in [2.75, 3.05) is 0 Å². The molecule has 0 spiro atoms. The van der Waals surface area contributed by atoms with Crippen LogP contribution >= 0.6 is 0 Å². The summed E-state index contributed by atoms with van der Waals surface area (Å²) in [5, 5.41) is 8.25. The first-order valence-electron chi connectivity index (χ1n) is 4.19. The Morgan fingerprint density at radius 3 is 1.83 bits per heavy atom. The molecule has 0 fully saturated rings. The van der Waals surface area contributed by atoms with E-state index in [9.17, 15) is 0 Å². The monoisotopic (exact) mass is 168 g/mol. The van der Waals surface area contributed by atoms with Gasteiger partial charge in [-0.2, -0.15) is 0 Å². The zero-order chi connectivity index (χ0) is 9.56. The number of rotatable bonds is 1. The third-order valence-corrected chi connectivity index (χ3v) is 1.45. The van der Waals surface area contributed by atoms with Gasteiger partial charge in [0.05, 0.1) is 0 Å². The quantitative estimate of drug-likeness (QED) is 0.620. The number of aliphatic hydroxyl groups is 1. The lowest BCUT2D eigenvalue weighted by molar-refractivity contribution is 0.216. The zero-order valence-corrected chi connectivity index (χ0v) is 8.09. The lowest BCUT2D eigenvalue weighted by Gasteiger charge is -2.00. The standard InChI is InChI=1S/C6H9N.C4H9O/c1-5-3-4-6(2)7-5;1-3-4(2)5/h3-4,7H,1-2H3;4-5H,2-3H2,1H3/q;-1. The first-order valence-corrected chi connectivity index (χ1v) is 4.19. The van der Waals surface area contributed by atoms with Crippen LogP contribution in [0.2, 0.25) is 0 Å². The number of aromatic amines is 1. The van der Waals surface area contributed by atoms with Crippen LogP contribution in [0.1, 0.15) is 24.7 Å². The van der Waals surface area contributed by atoms with Gasteiger partial charge in [-0.15, -0.1) is 0 Å². The molecule has 2 N–H and O–H groups in total. The Morgan fingerprint density at radius 1 is 1.42 bits per heavy atom. The third-order valence-electron chi connectivity index (χ3n) is 1.45. The molecule has 1 unspecified atom stereocenters. The van der Waals surface area contributed by atoms with E-state index >= 15 is 0 Å². The van der Waals surface area contributed by atoms with E-state index in [1.165, 1.54) is 11.4 Å². The molecule has 0 saturated heterocycles. The molecule has 2 nitrogen and oxygen atoms in total. The minimum atomic E-state index is -0.366. The molecule has 0 aliphatic heterocycles. The predicted molar refractivity (Wildman–Crippen MR) is 51.9 cm³/mol. The van der Waals surface area contributed by atoms with Crippen LogP contribution in [0.4, 0.5) is 0 Å². The van der Waals surface area contributed by atoms with Gasteiger partial charge >= 0.3 is 0 Å². The normalized spacial score (nSPS) is 11.8. The molecule has 1 heterocycles. The predicted octanol–water partition coefficient (Wildman–Crippen LogP) is 2.22. The van der Waals surface area contributed by atoms with Gasteiger partial charge in [-0.3, -0.25) is 0 Å². The van der Waals surface area contributed by atoms with Crippen molar-refractivity contribution in [2.24, 2.45) is 0 Å². The largest absolute Gasteiger partial charge is 0.425 e. The number of aryl methyl sites for hydroxylation is 2. The number of hydrogen-bond acceptors (Lipinski definition) is 1. The Bertz CT molecular complexity index is 187. The van der Waals surface area contributed by atoms with Crippen LogP contribution in [0.25, 0.3) is 0 Å². The van der Waals surface area contributed by atoms with Gasteiger partial charge in [0.1, 0.15) is 0 Å². The van der Waals surface area contributed by atoms with E-state index in [0.717, 1.165) is 6.42 Å². The summed E-state index contributed by atoms with van der Waals surface area (Å²) in [7, 11) is 0. The van der Waals surface area contributed by atoms with E-state index in [0.29, 0.717) is 0 Å². The van der Waals surface area contributed by atoms with Crippen molar-refractivity contribution >= 4 is 0 Å². The summed E-state index contributed by atoms with van der Waals surface area (Å²) in [4.78, 5) is 3.14. The van der Waals surface area contributed by atoms with Crippen LogP contribution in [0, 0.1) is 20.8 Å². The van der Waals surface area contributed by atoms with E-state index in [4.69, 9.17) is 5.11 Å². The molecular weight excluding hydrogens is 150 g/mol. The van der Waals surface area contributed by atoms with E-state index in [2.05, 4.69) is 24.0 Å². The molecule has 1 rings (SSSR count). The maximum atomic E-state index is 8.25. The van der Waals surface area contributed by atoms with Crippen LogP contribution in [0.5, 0.6) is 0 Å². The van der Waals surface area contributed by atoms with E-state index < -0.39 is 0 Å². The smallest absolute Gasteiger partial charge is 0.0117 e. The first kappa shape index (κ1) is 11.2. The summed E-state index contributed by atoms with van der Waals surface area (Å²) < 4.78 is 0. The average Bonchev–Trinajstić information content (AvgIpc) is 2.36. The van der Waals surface area contributed by atoms with Gasteiger partial charge < -0.3 is 17.0 Å². The van der Waals surface area contributed by atoms with E-state index in [1.807, 2.05) is 20.8 Å². The lowest BCUT2D eigenvalue weighted by atomic mass is 10.3. The van der Waals surface area contributed by atoms with E-state index in [-0.39, 0.29) is 6.10 Å². The molecule has 70 valence electrons. The van der Waals surface area contributed by atoms with Crippen molar-refractivity contribution in [2.45, 2.75) is 33.3 Å². The van der Waals surface area contributed by atoms with Crippen LogP contribution in [-0.4, -0.2) is 16.2 Å². The highest BCUT2D eigenvalue weighted by atomic mass is 16.3. The maximum absolute atomic E-state index is 8.25. The van der Waals surface area contributed by atoms with Gasteiger partial charge in [0.15, 0.2) is 0 Å². The Morgan fingerprint density at radius 2 is 1.75 bits per heavy atom. The van der Waals surface area contributed by atoms with Gasteiger partial charge in [0.2, 0.25) is 0 Å². The molecule has 0 aliphatic carbocycles. The third kappa shape index (κ3) is 5.98. The Labute approximate surface area is 74.6 Å². The summed E-state index contributed by atoms with van der Waals surface area (Å²) in [6.07, 6.45) is 0.384. The molecule has 1 aromatic heterocycles. The van der Waals surface area contributed by atoms with Gasteiger partial charge in [0.25, 0.3) is 0 Å². The lowest BCUT2D eigenvalue weighted by Crippen LogP contribution is -1.93. The number of nitrogens with one attached hydrogen (secondary N) is 1. The van der Waals surface area contributed by atoms with Crippen molar-refractivity contribution in [3.05, 3.63) is 30.4 Å². The number of H-pyrrole nitrogens is 1. The van der Waals surface area contributed by atoms with E-state index in [1.54, 1.807) is 0 Å². The zero-order valence-electron chi connectivity index (χ0n) is 8.09. The molecular formula is C10H18NO-. The Hall–Kier alpha value is -0.760. The fourth-order valence-electron chi connectivity index (χ4n) is 0.644. The fraction of sp³-hybridized carbons (Fsp3) is 0.500. The first-order chi connectivity index (χ1) is 5.56. The number of hydrogen-bond donors (Lipinski definition) is 2. The molecule has 12 heavy (non-hydrogen) atoms. The highest BCUT2D eigenvalue weighted by Gasteiger charge is 1.82. The maximum Gasteiger partial charge on any atom is 0.0117 e. The van der Waals surface area contributed by atoms with Crippen molar-refractivity contribution < 1.29 is 5.11 Å². The molecule has 1 atom stereocenters. The SMILES string of the molecule is Cc1ccc(C)[nH]1.[CH2-]C(O)CC. The van der Waals surface area contributed by atoms with Gasteiger partial charge in [-0.25, -0.2) is 0 Å². The molecule has 0 radical (unpaired) electrons. The summed E-state index contributed by atoms with van der Waals surface area (Å²) >= 11 is 0. The van der Waals surface area contributed by atoms with Crippen molar-refractivity contribution in [1.29, 1.82) is 0 Å². The second-order valence-electron chi connectivity index (χ2n) is 2.89. The Kier molecular flexibility index (Phi) is 5.47. The average molecular weight is 168 g/mol. The molecule has 2 heteroatoms. The molecule has 0 amide bonds. The second kappa shape index (κ2) is 5.84. The van der Waals surface area contributed by atoms with Crippen LogP contribution in [-0.2, 0) is 0 Å². The van der Waals surface area contributed by atoms with Crippen LogP contribution in [0.3, 0.4) is 0 Å². The minimum Gasteiger partial charge on any atom is -0.425 e. The molecule has 0 bridgehead atoms. The topological polar surface area (TPSA) is 36.0 Å². The van der Waals surface area contributed by atoms with Crippen molar-refractivity contribution in [3.63, 3.8) is 0 Å². The van der Waals surface area contributed by atoms with Crippen molar-refractivity contribution in [1.82, 2.24) is 4.98 Å². The molecule has 0 saturated carbocycles. The van der Waals surface area contributed by atoms with Crippen LogP contribution in [0.15, 0.2) is 12.1 Å². The highest BCUT2D eigenvalue weighted by molar-refractivity contribution is 5.09. The van der Waals surface area contributed by atoms with Gasteiger partial charge in [-0.1, -0.05) is 19.4 Å². The fourth-order valence-corrected chi connectivity index (χ4v) is 0.644.